The molecule has 112 valence electrons. The molecule has 1 aliphatic rings. The van der Waals surface area contributed by atoms with Crippen LogP contribution in [0.5, 0.6) is 0 Å². The average Bonchev–Trinajstić information content (AvgIpc) is 3.02. The van der Waals surface area contributed by atoms with E-state index in [-0.39, 0.29) is 23.9 Å². The van der Waals surface area contributed by atoms with Crippen molar-refractivity contribution in [2.24, 2.45) is 0 Å². The topological polar surface area (TPSA) is 89.3 Å². The number of nitrogens with two attached hydrogens (primary N) is 1. The number of thiazole rings is 1. The van der Waals surface area contributed by atoms with Gasteiger partial charge in [-0.05, 0) is 25.7 Å². The fourth-order valence-electron chi connectivity index (χ4n) is 2.41. The highest BCUT2D eigenvalue weighted by atomic mass is 32.1. The Morgan fingerprint density at radius 2 is 2.35 bits per heavy atom. The Kier molecular flexibility index (Phi) is 5.19. The molecule has 1 aromatic rings. The fourth-order valence-corrected chi connectivity index (χ4v) is 3.22. The largest absolute Gasteiger partial charge is 0.382 e. The molecule has 0 aliphatic heterocycles. The van der Waals surface area contributed by atoms with Gasteiger partial charge in [0.25, 0.3) is 5.91 Å². The number of nitrogens with one attached hydrogen (secondary N) is 2. The number of ether oxygens (including phenoxy) is 1. The normalized spacial score (nSPS) is 21.9. The molecule has 2 rings (SSSR count). The molecule has 1 aromatic heterocycles. The Bertz CT molecular complexity index is 463. The minimum Gasteiger partial charge on any atom is -0.382 e. The van der Waals surface area contributed by atoms with E-state index >= 15 is 0 Å². The van der Waals surface area contributed by atoms with E-state index in [0.29, 0.717) is 10.0 Å². The van der Waals surface area contributed by atoms with Gasteiger partial charge in [-0.25, -0.2) is 4.98 Å². The smallest absolute Gasteiger partial charge is 0.265 e. The first-order valence-electron chi connectivity index (χ1n) is 6.99. The first kappa shape index (κ1) is 15.1. The third-order valence-corrected chi connectivity index (χ3v) is 4.49. The Morgan fingerprint density at radius 1 is 1.55 bits per heavy atom. The minimum absolute atomic E-state index is 0.0704. The molecule has 7 heteroatoms. The lowest BCUT2D eigenvalue weighted by atomic mass is 10.2. The highest BCUT2D eigenvalue weighted by molar-refractivity contribution is 7.18. The van der Waals surface area contributed by atoms with Crippen LogP contribution in [0.2, 0.25) is 0 Å². The maximum absolute atomic E-state index is 12.3. The van der Waals surface area contributed by atoms with E-state index < -0.39 is 0 Å². The SMILES string of the molecule is CCCNc1nc(N)c(C(=O)NC2CCCC2OC)s1. The molecule has 6 nitrogen and oxygen atoms in total. The molecule has 0 spiro atoms. The van der Waals surface area contributed by atoms with E-state index in [1.165, 1.54) is 11.3 Å². The maximum atomic E-state index is 12.3. The van der Waals surface area contributed by atoms with Gasteiger partial charge in [-0.15, -0.1) is 0 Å². The quantitative estimate of drug-likeness (QED) is 0.745. The summed E-state index contributed by atoms with van der Waals surface area (Å²) in [5.41, 5.74) is 5.82. The number of carbonyl (C=O) groups is 1. The molecule has 0 radical (unpaired) electrons. The molecule has 0 aromatic carbocycles. The summed E-state index contributed by atoms with van der Waals surface area (Å²) in [4.78, 5) is 16.9. The zero-order valence-corrected chi connectivity index (χ0v) is 12.8. The number of nitrogen functional groups attached to an aromatic ring is 1. The van der Waals surface area contributed by atoms with Crippen LogP contribution in [0.3, 0.4) is 0 Å². The zero-order chi connectivity index (χ0) is 14.5. The summed E-state index contributed by atoms with van der Waals surface area (Å²) in [5, 5.41) is 6.85. The van der Waals surface area contributed by atoms with Crippen LogP contribution >= 0.6 is 11.3 Å². The van der Waals surface area contributed by atoms with Crippen molar-refractivity contribution in [1.82, 2.24) is 10.3 Å². The summed E-state index contributed by atoms with van der Waals surface area (Å²) in [5.74, 6) is 0.136. The van der Waals surface area contributed by atoms with E-state index in [1.807, 2.05) is 0 Å². The van der Waals surface area contributed by atoms with E-state index in [1.54, 1.807) is 7.11 Å². The zero-order valence-electron chi connectivity index (χ0n) is 11.9. The number of methoxy groups -OCH3 is 1. The number of aromatic nitrogens is 1. The van der Waals surface area contributed by atoms with Crippen LogP contribution in [0.25, 0.3) is 0 Å². The summed E-state index contributed by atoms with van der Waals surface area (Å²) in [6, 6.07) is 0.0704. The van der Waals surface area contributed by atoms with Crippen LogP contribution in [0, 0.1) is 0 Å². The average molecular weight is 298 g/mol. The Morgan fingerprint density at radius 3 is 3.05 bits per heavy atom. The van der Waals surface area contributed by atoms with Crippen LogP contribution in [0.1, 0.15) is 42.3 Å². The summed E-state index contributed by atoms with van der Waals surface area (Å²) >= 11 is 1.30. The number of rotatable bonds is 6. The number of hydrogen-bond acceptors (Lipinski definition) is 6. The van der Waals surface area contributed by atoms with E-state index in [9.17, 15) is 4.79 Å². The third-order valence-electron chi connectivity index (χ3n) is 3.46. The molecule has 20 heavy (non-hydrogen) atoms. The van der Waals surface area contributed by atoms with Gasteiger partial charge < -0.3 is 21.1 Å². The lowest BCUT2D eigenvalue weighted by Gasteiger charge is -2.19. The summed E-state index contributed by atoms with van der Waals surface area (Å²) in [6.45, 7) is 2.89. The second-order valence-electron chi connectivity index (χ2n) is 4.95. The molecule has 1 fully saturated rings. The Hall–Kier alpha value is -1.34. The summed E-state index contributed by atoms with van der Waals surface area (Å²) < 4.78 is 5.38. The second kappa shape index (κ2) is 6.90. The molecule has 1 saturated carbocycles. The molecular weight excluding hydrogens is 276 g/mol. The van der Waals surface area contributed by atoms with Gasteiger partial charge in [-0.2, -0.15) is 0 Å². The van der Waals surface area contributed by atoms with Gasteiger partial charge in [0.15, 0.2) is 5.13 Å². The van der Waals surface area contributed by atoms with E-state index in [2.05, 4.69) is 22.5 Å². The van der Waals surface area contributed by atoms with Crippen LogP contribution in [-0.4, -0.2) is 36.7 Å². The van der Waals surface area contributed by atoms with Crippen molar-refractivity contribution < 1.29 is 9.53 Å². The van der Waals surface area contributed by atoms with Crippen molar-refractivity contribution in [3.05, 3.63) is 4.88 Å². The van der Waals surface area contributed by atoms with Crippen molar-refractivity contribution in [3.63, 3.8) is 0 Å². The lowest BCUT2D eigenvalue weighted by Crippen LogP contribution is -2.40. The number of amides is 1. The number of hydrogen-bond donors (Lipinski definition) is 3. The number of carbonyl (C=O) groups excluding carboxylic acids is 1. The molecule has 4 N–H and O–H groups in total. The van der Waals surface area contributed by atoms with Crippen molar-refractivity contribution in [3.8, 4) is 0 Å². The third kappa shape index (κ3) is 3.40. The lowest BCUT2D eigenvalue weighted by molar-refractivity contribution is 0.0725. The molecule has 1 aliphatic carbocycles. The van der Waals surface area contributed by atoms with Crippen LogP contribution in [0.4, 0.5) is 10.9 Å². The monoisotopic (exact) mass is 298 g/mol. The van der Waals surface area contributed by atoms with Gasteiger partial charge >= 0.3 is 0 Å². The van der Waals surface area contributed by atoms with Crippen LogP contribution in [0.15, 0.2) is 0 Å². The highest BCUT2D eigenvalue weighted by Crippen LogP contribution is 2.26. The first-order chi connectivity index (χ1) is 9.65. The van der Waals surface area contributed by atoms with Gasteiger partial charge in [0.2, 0.25) is 0 Å². The van der Waals surface area contributed by atoms with Crippen molar-refractivity contribution in [2.75, 3.05) is 24.7 Å². The fraction of sp³-hybridized carbons (Fsp3) is 0.692. The molecule has 2 atom stereocenters. The predicted octanol–water partition coefficient (Wildman–Crippen LogP) is 1.84. The van der Waals surface area contributed by atoms with Crippen molar-refractivity contribution >= 4 is 28.2 Å². The van der Waals surface area contributed by atoms with Gasteiger partial charge in [0, 0.05) is 13.7 Å². The molecule has 1 amide bonds. The van der Waals surface area contributed by atoms with Crippen LogP contribution < -0.4 is 16.4 Å². The van der Waals surface area contributed by atoms with Gasteiger partial charge in [0.1, 0.15) is 10.7 Å². The molecule has 0 bridgehead atoms. The Balaban J connectivity index is 1.99. The van der Waals surface area contributed by atoms with Gasteiger partial charge in [0.05, 0.1) is 12.1 Å². The standard InChI is InChI=1S/C13H22N4O2S/c1-3-7-15-13-17-11(14)10(20-13)12(18)16-8-5-4-6-9(8)19-2/h8-9H,3-7,14H2,1-2H3,(H,15,17)(H,16,18). The second-order valence-corrected chi connectivity index (χ2v) is 5.94. The van der Waals surface area contributed by atoms with Crippen molar-refractivity contribution in [1.29, 1.82) is 0 Å². The van der Waals surface area contributed by atoms with E-state index in [0.717, 1.165) is 32.2 Å². The summed E-state index contributed by atoms with van der Waals surface area (Å²) in [7, 11) is 1.68. The Labute approximate surface area is 123 Å². The van der Waals surface area contributed by atoms with Crippen LogP contribution in [-0.2, 0) is 4.74 Å². The van der Waals surface area contributed by atoms with Gasteiger partial charge in [-0.1, -0.05) is 18.3 Å². The molecular formula is C13H22N4O2S. The maximum Gasteiger partial charge on any atom is 0.265 e. The van der Waals surface area contributed by atoms with E-state index in [4.69, 9.17) is 10.5 Å². The molecule has 0 saturated heterocycles. The first-order valence-corrected chi connectivity index (χ1v) is 7.81. The number of nitrogens with zero attached hydrogens (tertiary/aromatic N) is 1. The minimum atomic E-state index is -0.154. The van der Waals surface area contributed by atoms with Crippen molar-refractivity contribution in [2.45, 2.75) is 44.8 Å². The summed E-state index contributed by atoms with van der Waals surface area (Å²) in [6.07, 6.45) is 4.11. The highest BCUT2D eigenvalue weighted by Gasteiger charge is 2.29. The molecule has 2 unspecified atom stereocenters. The number of anilines is 2. The van der Waals surface area contributed by atoms with Gasteiger partial charge in [-0.3, -0.25) is 4.79 Å². The predicted molar refractivity (Wildman–Crippen MR) is 81.2 cm³/mol. The molecule has 1 heterocycles.